The van der Waals surface area contributed by atoms with Gasteiger partial charge in [0.05, 0.1) is 7.11 Å². The summed E-state index contributed by atoms with van der Waals surface area (Å²) in [5, 5.41) is 4.08. The predicted molar refractivity (Wildman–Crippen MR) is 75.7 cm³/mol. The molecule has 0 bridgehead atoms. The van der Waals surface area contributed by atoms with Crippen molar-refractivity contribution in [2.24, 2.45) is 0 Å². The Labute approximate surface area is 114 Å². The predicted octanol–water partition coefficient (Wildman–Crippen LogP) is 2.10. The Bertz CT molecular complexity index is 419. The lowest BCUT2D eigenvalue weighted by atomic mass is 10.1. The van der Waals surface area contributed by atoms with Gasteiger partial charge in [0.1, 0.15) is 5.75 Å². The van der Waals surface area contributed by atoms with E-state index < -0.39 is 0 Å². The van der Waals surface area contributed by atoms with Crippen molar-refractivity contribution in [3.05, 3.63) is 28.3 Å². The minimum Gasteiger partial charge on any atom is -0.496 e. The highest BCUT2D eigenvalue weighted by Gasteiger charge is 2.21. The van der Waals surface area contributed by atoms with Crippen LogP contribution >= 0.6 is 11.6 Å². The smallest absolute Gasteiger partial charge is 0.125 e. The molecule has 4 heteroatoms. The van der Waals surface area contributed by atoms with Gasteiger partial charge in [-0.2, -0.15) is 0 Å². The van der Waals surface area contributed by atoms with E-state index >= 15 is 0 Å². The number of hydrogen-bond donors (Lipinski definition) is 1. The van der Waals surface area contributed by atoms with Crippen molar-refractivity contribution < 1.29 is 4.74 Å². The van der Waals surface area contributed by atoms with Crippen LogP contribution in [0.4, 0.5) is 0 Å². The largest absolute Gasteiger partial charge is 0.496 e. The summed E-state index contributed by atoms with van der Waals surface area (Å²) in [7, 11) is 3.90. The van der Waals surface area contributed by atoms with Crippen LogP contribution in [0.15, 0.2) is 12.1 Å². The molecule has 1 N–H and O–H groups in total. The van der Waals surface area contributed by atoms with Gasteiger partial charge < -0.3 is 15.0 Å². The zero-order chi connectivity index (χ0) is 13.1. The molecule has 0 aliphatic carbocycles. The highest BCUT2D eigenvalue weighted by Crippen LogP contribution is 2.28. The summed E-state index contributed by atoms with van der Waals surface area (Å²) in [4.78, 5) is 2.40. The van der Waals surface area contributed by atoms with E-state index in [0.29, 0.717) is 6.04 Å². The molecular formula is C14H21ClN2O. The van der Waals surface area contributed by atoms with Gasteiger partial charge in [0.2, 0.25) is 0 Å². The van der Waals surface area contributed by atoms with Crippen LogP contribution < -0.4 is 10.1 Å². The van der Waals surface area contributed by atoms with Crippen molar-refractivity contribution in [1.29, 1.82) is 0 Å². The van der Waals surface area contributed by atoms with Crippen molar-refractivity contribution in [2.45, 2.75) is 19.4 Å². The molecule has 0 atom stereocenters. The summed E-state index contributed by atoms with van der Waals surface area (Å²) in [6, 6.07) is 4.64. The molecule has 0 aromatic heterocycles. The van der Waals surface area contributed by atoms with Crippen molar-refractivity contribution >= 4 is 11.6 Å². The normalized spacial score (nSPS) is 15.8. The van der Waals surface area contributed by atoms with Crippen LogP contribution in [0.1, 0.15) is 11.1 Å². The van der Waals surface area contributed by atoms with E-state index in [1.165, 1.54) is 5.56 Å². The van der Waals surface area contributed by atoms with Crippen molar-refractivity contribution in [3.63, 3.8) is 0 Å². The minimum atomic E-state index is 0.677. The van der Waals surface area contributed by atoms with Crippen LogP contribution in [-0.2, 0) is 6.42 Å². The lowest BCUT2D eigenvalue weighted by molar-refractivity contribution is 0.182. The van der Waals surface area contributed by atoms with Gasteiger partial charge in [-0.05, 0) is 43.7 Å². The van der Waals surface area contributed by atoms with Gasteiger partial charge in [-0.25, -0.2) is 0 Å². The Hall–Kier alpha value is -0.770. The number of methoxy groups -OCH3 is 1. The molecule has 0 spiro atoms. The first-order valence-electron chi connectivity index (χ1n) is 6.35. The maximum Gasteiger partial charge on any atom is 0.125 e. The fourth-order valence-corrected chi connectivity index (χ4v) is 2.64. The molecular weight excluding hydrogens is 248 g/mol. The van der Waals surface area contributed by atoms with Gasteiger partial charge >= 0.3 is 0 Å². The number of rotatable bonds is 5. The number of aryl methyl sites for hydroxylation is 1. The number of nitrogens with one attached hydrogen (secondary N) is 1. The van der Waals surface area contributed by atoms with Gasteiger partial charge in [0, 0.05) is 30.7 Å². The third-order valence-electron chi connectivity index (χ3n) is 3.64. The fraction of sp³-hybridized carbons (Fsp3) is 0.571. The van der Waals surface area contributed by atoms with Gasteiger partial charge in [0.25, 0.3) is 0 Å². The molecule has 3 nitrogen and oxygen atoms in total. The molecule has 0 amide bonds. The van der Waals surface area contributed by atoms with Crippen LogP contribution in [-0.4, -0.2) is 44.7 Å². The number of benzene rings is 1. The van der Waals surface area contributed by atoms with E-state index in [1.54, 1.807) is 7.11 Å². The lowest BCUT2D eigenvalue weighted by Gasteiger charge is -2.35. The van der Waals surface area contributed by atoms with Gasteiger partial charge in [-0.1, -0.05) is 11.6 Å². The van der Waals surface area contributed by atoms with Crippen LogP contribution in [0, 0.1) is 6.92 Å². The molecule has 18 heavy (non-hydrogen) atoms. The Balaban J connectivity index is 2.03. The van der Waals surface area contributed by atoms with Gasteiger partial charge in [-0.3, -0.25) is 0 Å². The molecule has 0 unspecified atom stereocenters. The maximum absolute atomic E-state index is 6.12. The molecule has 1 heterocycles. The molecule has 0 saturated carbocycles. The van der Waals surface area contributed by atoms with E-state index in [-0.39, 0.29) is 0 Å². The Morgan fingerprint density at radius 1 is 1.44 bits per heavy atom. The van der Waals surface area contributed by atoms with Crippen LogP contribution in [0.5, 0.6) is 5.75 Å². The average molecular weight is 269 g/mol. The topological polar surface area (TPSA) is 24.5 Å². The van der Waals surface area contributed by atoms with Crippen molar-refractivity contribution in [3.8, 4) is 5.75 Å². The second-order valence-corrected chi connectivity index (χ2v) is 5.39. The summed E-state index contributed by atoms with van der Waals surface area (Å²) >= 11 is 6.12. The minimum absolute atomic E-state index is 0.677. The zero-order valence-electron chi connectivity index (χ0n) is 11.3. The molecule has 2 rings (SSSR count). The monoisotopic (exact) mass is 268 g/mol. The quantitative estimate of drug-likeness (QED) is 0.885. The summed E-state index contributed by atoms with van der Waals surface area (Å²) in [6.45, 7) is 5.26. The highest BCUT2D eigenvalue weighted by molar-refractivity contribution is 6.30. The maximum atomic E-state index is 6.12. The first-order chi connectivity index (χ1) is 8.61. The average Bonchev–Trinajstić information content (AvgIpc) is 2.23. The molecule has 0 radical (unpaired) electrons. The summed E-state index contributed by atoms with van der Waals surface area (Å²) in [5.41, 5.74) is 2.30. The molecule has 1 aliphatic heterocycles. The zero-order valence-corrected chi connectivity index (χ0v) is 12.0. The van der Waals surface area contributed by atoms with E-state index in [4.69, 9.17) is 16.3 Å². The summed E-state index contributed by atoms with van der Waals surface area (Å²) in [5.74, 6) is 0.972. The second kappa shape index (κ2) is 5.91. The Morgan fingerprint density at radius 2 is 2.17 bits per heavy atom. The number of likely N-dealkylation sites (N-methyl/N-ethyl adjacent to an activating group) is 1. The van der Waals surface area contributed by atoms with E-state index in [2.05, 4.69) is 17.3 Å². The SMILES string of the molecule is COc1c(C)cc(Cl)cc1CCN(C)C1CNC1. The van der Waals surface area contributed by atoms with E-state index in [0.717, 1.165) is 42.4 Å². The van der Waals surface area contributed by atoms with Gasteiger partial charge in [-0.15, -0.1) is 0 Å². The molecule has 1 fully saturated rings. The third kappa shape index (κ3) is 2.97. The number of halogens is 1. The van der Waals surface area contributed by atoms with Crippen LogP contribution in [0.2, 0.25) is 5.02 Å². The first-order valence-corrected chi connectivity index (χ1v) is 6.73. The standard InChI is InChI=1S/C14H21ClN2O/c1-10-6-12(15)7-11(14(10)18-3)4-5-17(2)13-8-16-9-13/h6-7,13,16H,4-5,8-9H2,1-3H3. The van der Waals surface area contributed by atoms with Gasteiger partial charge in [0.15, 0.2) is 0 Å². The molecule has 1 aliphatic rings. The Kier molecular flexibility index (Phi) is 4.49. The Morgan fingerprint density at radius 3 is 2.72 bits per heavy atom. The van der Waals surface area contributed by atoms with Crippen LogP contribution in [0.3, 0.4) is 0 Å². The number of nitrogens with zero attached hydrogens (tertiary/aromatic N) is 1. The number of hydrogen-bond acceptors (Lipinski definition) is 3. The molecule has 100 valence electrons. The van der Waals surface area contributed by atoms with E-state index in [9.17, 15) is 0 Å². The second-order valence-electron chi connectivity index (χ2n) is 4.96. The lowest BCUT2D eigenvalue weighted by Crippen LogP contribution is -2.56. The third-order valence-corrected chi connectivity index (χ3v) is 3.86. The molecule has 1 aromatic rings. The highest BCUT2D eigenvalue weighted by atomic mass is 35.5. The van der Waals surface area contributed by atoms with E-state index in [1.807, 2.05) is 19.1 Å². The fourth-order valence-electron chi connectivity index (χ4n) is 2.34. The first kappa shape index (κ1) is 13.7. The summed E-state index contributed by atoms with van der Waals surface area (Å²) in [6.07, 6.45) is 0.970. The molecule has 1 aromatic carbocycles. The summed E-state index contributed by atoms with van der Waals surface area (Å²) < 4.78 is 5.47. The van der Waals surface area contributed by atoms with Crippen molar-refractivity contribution in [2.75, 3.05) is 33.8 Å². The van der Waals surface area contributed by atoms with Crippen LogP contribution in [0.25, 0.3) is 0 Å². The molecule has 1 saturated heterocycles. The van der Waals surface area contributed by atoms with Crippen molar-refractivity contribution in [1.82, 2.24) is 10.2 Å². The number of ether oxygens (including phenoxy) is 1.